The molecule has 0 aliphatic heterocycles. The van der Waals surface area contributed by atoms with Crippen LogP contribution in [0.25, 0.3) is 0 Å². The van der Waals surface area contributed by atoms with Gasteiger partial charge in [-0.1, -0.05) is 24.3 Å². The molecule has 0 radical (unpaired) electrons. The molecule has 2 heterocycles. The average molecular weight is 465 g/mol. The zero-order valence-electron chi connectivity index (χ0n) is 19.6. The van der Waals surface area contributed by atoms with Crippen LogP contribution in [-0.4, -0.2) is 38.7 Å². The Morgan fingerprint density at radius 2 is 1.26 bits per heavy atom. The third-order valence-corrected chi connectivity index (χ3v) is 5.14. The smallest absolute Gasteiger partial charge is 0.390 e. The topological polar surface area (TPSA) is 123 Å². The van der Waals surface area contributed by atoms with Gasteiger partial charge in [0.15, 0.2) is 0 Å². The highest BCUT2D eigenvalue weighted by molar-refractivity contribution is 5.31. The second-order valence-electron chi connectivity index (χ2n) is 7.62. The molecule has 0 spiro atoms. The van der Waals surface area contributed by atoms with Crippen LogP contribution in [0.2, 0.25) is 0 Å². The van der Waals surface area contributed by atoms with Crippen LogP contribution >= 0.6 is 0 Å². The van der Waals surface area contributed by atoms with Crippen molar-refractivity contribution in [2.75, 3.05) is 20.0 Å². The summed E-state index contributed by atoms with van der Waals surface area (Å²) in [5, 5.41) is 18.8. The van der Waals surface area contributed by atoms with Crippen LogP contribution in [0.4, 0.5) is 11.6 Å². The van der Waals surface area contributed by atoms with Crippen molar-refractivity contribution < 1.29 is 14.4 Å². The maximum absolute atomic E-state index is 10.6. The van der Waals surface area contributed by atoms with Crippen molar-refractivity contribution in [2.45, 2.75) is 26.9 Å². The lowest BCUT2D eigenvalue weighted by atomic mass is 10.2. The molecule has 178 valence electrons. The predicted octanol–water partition coefficient (Wildman–Crippen LogP) is 3.99. The highest BCUT2D eigenvalue weighted by Crippen LogP contribution is 2.16. The molecule has 0 aliphatic carbocycles. The van der Waals surface area contributed by atoms with Crippen LogP contribution < -0.4 is 15.2 Å². The van der Waals surface area contributed by atoms with Crippen molar-refractivity contribution >= 4 is 11.6 Å². The summed E-state index contributed by atoms with van der Waals surface area (Å²) in [5.41, 5.74) is 9.64. The fourth-order valence-corrected chi connectivity index (χ4v) is 3.25. The Kier molecular flexibility index (Phi) is 7.86. The predicted molar refractivity (Wildman–Crippen MR) is 129 cm³/mol. The number of hydrogen-bond donors (Lipinski definition) is 1. The average Bonchev–Trinajstić information content (AvgIpc) is 3.36. The fourth-order valence-electron chi connectivity index (χ4n) is 3.25. The van der Waals surface area contributed by atoms with Crippen molar-refractivity contribution in [3.8, 4) is 11.5 Å². The van der Waals surface area contributed by atoms with Gasteiger partial charge in [0.25, 0.3) is 0 Å². The Balaban J connectivity index is 0.000000192. The van der Waals surface area contributed by atoms with Gasteiger partial charge in [0.1, 0.15) is 17.3 Å². The summed E-state index contributed by atoms with van der Waals surface area (Å²) < 4.78 is 13.7. The van der Waals surface area contributed by atoms with Gasteiger partial charge in [-0.15, -0.1) is 0 Å². The van der Waals surface area contributed by atoms with E-state index in [1.807, 2.05) is 66.2 Å². The molecule has 0 bridgehead atoms. The summed E-state index contributed by atoms with van der Waals surface area (Å²) in [7, 11) is 3.27. The third-order valence-electron chi connectivity index (χ3n) is 5.14. The van der Waals surface area contributed by atoms with Crippen molar-refractivity contribution in [2.24, 2.45) is 0 Å². The monoisotopic (exact) mass is 464 g/mol. The van der Waals surface area contributed by atoms with E-state index in [0.717, 1.165) is 35.0 Å². The first-order chi connectivity index (χ1) is 16.3. The largest absolute Gasteiger partial charge is 0.497 e. The normalized spacial score (nSPS) is 10.4. The van der Waals surface area contributed by atoms with E-state index >= 15 is 0 Å². The maximum atomic E-state index is 10.6. The molecule has 0 amide bonds. The van der Waals surface area contributed by atoms with Crippen molar-refractivity contribution in [1.82, 2.24) is 19.6 Å². The van der Waals surface area contributed by atoms with E-state index in [9.17, 15) is 10.1 Å². The zero-order chi connectivity index (χ0) is 24.7. The molecule has 34 heavy (non-hydrogen) atoms. The Bertz CT molecular complexity index is 1230. The van der Waals surface area contributed by atoms with Gasteiger partial charge in [0.2, 0.25) is 0 Å². The van der Waals surface area contributed by atoms with Gasteiger partial charge in [-0.3, -0.25) is 4.68 Å². The summed E-state index contributed by atoms with van der Waals surface area (Å²) in [4.78, 5) is 10.1. The summed E-state index contributed by atoms with van der Waals surface area (Å²) in [6.45, 7) is 5.02. The molecule has 0 fully saturated rings. The number of nitrogens with two attached hydrogens (primary N) is 1. The van der Waals surface area contributed by atoms with Gasteiger partial charge < -0.3 is 25.3 Å². The minimum absolute atomic E-state index is 0.124. The highest BCUT2D eigenvalue weighted by Gasteiger charge is 2.15. The molecule has 10 nitrogen and oxygen atoms in total. The lowest BCUT2D eigenvalue weighted by Crippen LogP contribution is -2.04. The minimum Gasteiger partial charge on any atom is -0.497 e. The van der Waals surface area contributed by atoms with Gasteiger partial charge in [0, 0.05) is 11.8 Å². The molecule has 2 aromatic heterocycles. The number of nitrogens with zero attached hydrogens (tertiary/aromatic N) is 5. The number of rotatable bonds is 7. The molecule has 10 heteroatoms. The molecule has 0 saturated heterocycles. The first-order valence-electron chi connectivity index (χ1n) is 10.5. The SMILES string of the molecule is COc1ccc(Cn2nc(N)cc2C)cc1.COc1ccc(Cn2nc([N+](=O)[O-])cc2C)cc1. The van der Waals surface area contributed by atoms with Crippen molar-refractivity contribution in [1.29, 1.82) is 0 Å². The molecule has 2 N–H and O–H groups in total. The fraction of sp³-hybridized carbons (Fsp3) is 0.250. The molecule has 0 saturated carbocycles. The number of nitro groups is 1. The first-order valence-corrected chi connectivity index (χ1v) is 10.5. The lowest BCUT2D eigenvalue weighted by molar-refractivity contribution is -0.389. The van der Waals surface area contributed by atoms with Crippen molar-refractivity contribution in [3.63, 3.8) is 0 Å². The second kappa shape index (κ2) is 11.0. The number of methoxy groups -OCH3 is 2. The minimum atomic E-state index is -0.489. The van der Waals surface area contributed by atoms with Crippen LogP contribution in [-0.2, 0) is 13.1 Å². The highest BCUT2D eigenvalue weighted by atomic mass is 16.6. The van der Waals surface area contributed by atoms with Crippen molar-refractivity contribution in [3.05, 3.63) is 93.3 Å². The number of ether oxygens (including phenoxy) is 2. The van der Waals surface area contributed by atoms with E-state index in [4.69, 9.17) is 15.2 Å². The van der Waals surface area contributed by atoms with Gasteiger partial charge in [0.05, 0.1) is 44.2 Å². The lowest BCUT2D eigenvalue weighted by Gasteiger charge is -2.05. The second-order valence-corrected chi connectivity index (χ2v) is 7.62. The third kappa shape index (κ3) is 6.35. The van der Waals surface area contributed by atoms with Gasteiger partial charge >= 0.3 is 5.82 Å². The maximum Gasteiger partial charge on any atom is 0.390 e. The van der Waals surface area contributed by atoms with E-state index in [1.165, 1.54) is 11.6 Å². The van der Waals surface area contributed by atoms with Crippen LogP contribution in [0.3, 0.4) is 0 Å². The van der Waals surface area contributed by atoms with E-state index in [2.05, 4.69) is 10.2 Å². The number of aryl methyl sites for hydroxylation is 2. The molecule has 4 aromatic rings. The van der Waals surface area contributed by atoms with Crippen LogP contribution in [0, 0.1) is 24.0 Å². The van der Waals surface area contributed by atoms with Gasteiger partial charge in [-0.05, 0) is 54.2 Å². The Morgan fingerprint density at radius 3 is 1.62 bits per heavy atom. The molecule has 2 aromatic carbocycles. The van der Waals surface area contributed by atoms with E-state index in [-0.39, 0.29) is 5.82 Å². The van der Waals surface area contributed by atoms with Gasteiger partial charge in [-0.2, -0.15) is 9.78 Å². The molecular formula is C24H28N6O4. The Labute approximate surface area is 197 Å². The number of nitrogen functional groups attached to an aromatic ring is 1. The molecule has 0 aliphatic rings. The number of anilines is 1. The summed E-state index contributed by atoms with van der Waals surface area (Å²) in [5.74, 6) is 2.08. The Morgan fingerprint density at radius 1 is 0.824 bits per heavy atom. The number of aromatic nitrogens is 4. The van der Waals surface area contributed by atoms with Crippen LogP contribution in [0.15, 0.2) is 60.7 Å². The molecule has 4 rings (SSSR count). The van der Waals surface area contributed by atoms with Crippen LogP contribution in [0.5, 0.6) is 11.5 Å². The zero-order valence-corrected chi connectivity index (χ0v) is 19.6. The molecule has 0 atom stereocenters. The van der Waals surface area contributed by atoms with Gasteiger partial charge in [-0.25, -0.2) is 0 Å². The van der Waals surface area contributed by atoms with Crippen LogP contribution in [0.1, 0.15) is 22.5 Å². The number of hydrogen-bond acceptors (Lipinski definition) is 7. The first kappa shape index (κ1) is 24.3. The standard InChI is InChI=1S/C12H13N3O3.C12H15N3O/c1-9-7-12(15(16)17)13-14(9)8-10-3-5-11(18-2)6-4-10;1-9-7-12(13)14-15(9)8-10-3-5-11(16-2)6-4-10/h3-7H,8H2,1-2H3;3-7H,8H2,1-2H3,(H2,13,14). The van der Waals surface area contributed by atoms with E-state index in [1.54, 1.807) is 25.8 Å². The molecular weight excluding hydrogens is 436 g/mol. The Hall–Kier alpha value is -4.34. The van der Waals surface area contributed by atoms with E-state index < -0.39 is 4.92 Å². The number of benzene rings is 2. The summed E-state index contributed by atoms with van der Waals surface area (Å²) in [6.07, 6.45) is 0. The summed E-state index contributed by atoms with van der Waals surface area (Å²) in [6, 6.07) is 18.8. The molecule has 0 unspecified atom stereocenters. The van der Waals surface area contributed by atoms with E-state index in [0.29, 0.717) is 12.4 Å². The quantitative estimate of drug-likeness (QED) is 0.324. The summed E-state index contributed by atoms with van der Waals surface area (Å²) >= 11 is 0.